The van der Waals surface area contributed by atoms with Crippen molar-refractivity contribution >= 4 is 17.5 Å². The molecule has 0 radical (unpaired) electrons. The van der Waals surface area contributed by atoms with Crippen LogP contribution in [0.3, 0.4) is 0 Å². The molecule has 1 fully saturated rings. The average molecular weight is 296 g/mol. The summed E-state index contributed by atoms with van der Waals surface area (Å²) in [6.07, 6.45) is 13.6. The molecule has 1 aliphatic carbocycles. The highest BCUT2D eigenvalue weighted by molar-refractivity contribution is 8.00. The lowest BCUT2D eigenvalue weighted by Gasteiger charge is -2.17. The Morgan fingerprint density at radius 2 is 1.80 bits per heavy atom. The molecule has 1 aliphatic rings. The molecular formula is C14H24N4OS. The van der Waals surface area contributed by atoms with Gasteiger partial charge in [-0.3, -0.25) is 5.10 Å². The summed E-state index contributed by atoms with van der Waals surface area (Å²) in [7, 11) is 0. The number of hydrogen-bond acceptors (Lipinski definition) is 5. The highest BCUT2D eigenvalue weighted by atomic mass is 32.2. The summed E-state index contributed by atoms with van der Waals surface area (Å²) in [5, 5.41) is 20.7. The van der Waals surface area contributed by atoms with E-state index < -0.39 is 0 Å². The Balaban J connectivity index is 1.97. The lowest BCUT2D eigenvalue weighted by Crippen LogP contribution is -2.18. The lowest BCUT2D eigenvalue weighted by atomic mass is 9.99. The Hall–Kier alpha value is -1.04. The summed E-state index contributed by atoms with van der Waals surface area (Å²) in [4.78, 5) is 4.17. The number of rotatable bonds is 2. The van der Waals surface area contributed by atoms with E-state index in [1.165, 1.54) is 51.3 Å². The van der Waals surface area contributed by atoms with E-state index in [0.29, 0.717) is 0 Å². The number of nitrogens with zero attached hydrogens (tertiary/aromatic N) is 3. The molecule has 1 saturated carbocycles. The van der Waals surface area contributed by atoms with Crippen molar-refractivity contribution in [1.29, 1.82) is 0 Å². The van der Waals surface area contributed by atoms with E-state index in [9.17, 15) is 5.21 Å². The van der Waals surface area contributed by atoms with Gasteiger partial charge in [-0.1, -0.05) is 61.9 Å². The number of H-pyrrole nitrogens is 1. The van der Waals surface area contributed by atoms with Gasteiger partial charge in [0.1, 0.15) is 6.33 Å². The monoisotopic (exact) mass is 296 g/mol. The first-order valence-electron chi connectivity index (χ1n) is 7.63. The molecule has 0 aromatic carbocycles. The second kappa shape index (κ2) is 9.00. The van der Waals surface area contributed by atoms with Gasteiger partial charge in [0.15, 0.2) is 5.16 Å². The van der Waals surface area contributed by atoms with Crippen molar-refractivity contribution in [2.75, 3.05) is 0 Å². The van der Waals surface area contributed by atoms with Crippen LogP contribution in [0, 0.1) is 0 Å². The van der Waals surface area contributed by atoms with Crippen molar-refractivity contribution in [3.05, 3.63) is 6.33 Å². The Bertz CT molecular complexity index is 394. The van der Waals surface area contributed by atoms with Crippen molar-refractivity contribution in [2.24, 2.45) is 5.16 Å². The maximum atomic E-state index is 9.32. The van der Waals surface area contributed by atoms with Gasteiger partial charge in [-0.2, -0.15) is 5.10 Å². The van der Waals surface area contributed by atoms with Gasteiger partial charge in [0, 0.05) is 0 Å². The van der Waals surface area contributed by atoms with Gasteiger partial charge in [0.25, 0.3) is 0 Å². The molecule has 1 unspecified atom stereocenters. The fourth-order valence-electron chi connectivity index (χ4n) is 2.65. The van der Waals surface area contributed by atoms with Gasteiger partial charge in [-0.15, -0.1) is 0 Å². The standard InChI is InChI=1S/C14H24N4OS/c19-18-12-9-7-5-3-1-2-4-6-8-10-13(12)20-14-15-11-16-17-14/h11,13,19H,1-10H2,(H,15,16,17)/b18-12-. The highest BCUT2D eigenvalue weighted by Crippen LogP contribution is 2.27. The maximum Gasteiger partial charge on any atom is 0.184 e. The van der Waals surface area contributed by atoms with E-state index in [4.69, 9.17) is 0 Å². The molecular weight excluding hydrogens is 272 g/mol. The molecule has 1 aromatic heterocycles. The van der Waals surface area contributed by atoms with Crippen molar-refractivity contribution in [1.82, 2.24) is 15.2 Å². The van der Waals surface area contributed by atoms with Crippen LogP contribution in [0.2, 0.25) is 0 Å². The van der Waals surface area contributed by atoms with Gasteiger partial charge >= 0.3 is 0 Å². The number of oxime groups is 1. The SMILES string of the molecule is O/N=C1/CCCCCCCCCCC1Sc1ncn[nH]1. The van der Waals surface area contributed by atoms with Crippen LogP contribution in [0.25, 0.3) is 0 Å². The van der Waals surface area contributed by atoms with Crippen LogP contribution in [0.1, 0.15) is 64.2 Å². The second-order valence-electron chi connectivity index (χ2n) is 5.36. The molecule has 0 amide bonds. The normalized spacial score (nSPS) is 25.0. The summed E-state index contributed by atoms with van der Waals surface area (Å²) in [5.74, 6) is 0. The van der Waals surface area contributed by atoms with E-state index in [0.717, 1.165) is 30.1 Å². The van der Waals surface area contributed by atoms with Gasteiger partial charge < -0.3 is 5.21 Å². The molecule has 20 heavy (non-hydrogen) atoms. The third-order valence-corrected chi connectivity index (χ3v) is 5.01. The highest BCUT2D eigenvalue weighted by Gasteiger charge is 2.19. The van der Waals surface area contributed by atoms with Crippen LogP contribution < -0.4 is 0 Å². The van der Waals surface area contributed by atoms with Crippen molar-refractivity contribution in [3.63, 3.8) is 0 Å². The van der Waals surface area contributed by atoms with E-state index in [-0.39, 0.29) is 5.25 Å². The van der Waals surface area contributed by atoms with E-state index >= 15 is 0 Å². The van der Waals surface area contributed by atoms with E-state index in [1.807, 2.05) is 0 Å². The number of thioether (sulfide) groups is 1. The van der Waals surface area contributed by atoms with E-state index in [2.05, 4.69) is 20.3 Å². The molecule has 6 heteroatoms. The summed E-state index contributed by atoms with van der Waals surface area (Å²) >= 11 is 1.63. The number of aromatic amines is 1. The fraction of sp³-hybridized carbons (Fsp3) is 0.786. The predicted octanol–water partition coefficient (Wildman–Crippen LogP) is 4.01. The van der Waals surface area contributed by atoms with Crippen LogP contribution in [-0.4, -0.2) is 31.4 Å². The molecule has 0 saturated heterocycles. The Morgan fingerprint density at radius 1 is 1.10 bits per heavy atom. The summed E-state index contributed by atoms with van der Waals surface area (Å²) < 4.78 is 0. The fourth-order valence-corrected chi connectivity index (χ4v) is 3.72. The average Bonchev–Trinajstić information content (AvgIpc) is 2.95. The van der Waals surface area contributed by atoms with Crippen molar-refractivity contribution in [2.45, 2.75) is 74.6 Å². The first-order chi connectivity index (χ1) is 9.90. The molecule has 0 spiro atoms. The van der Waals surface area contributed by atoms with Gasteiger partial charge in [0.2, 0.25) is 0 Å². The van der Waals surface area contributed by atoms with Crippen molar-refractivity contribution < 1.29 is 5.21 Å². The molecule has 0 aliphatic heterocycles. The minimum absolute atomic E-state index is 0.215. The molecule has 2 N–H and O–H groups in total. The summed E-state index contributed by atoms with van der Waals surface area (Å²) in [5.41, 5.74) is 0.909. The zero-order chi connectivity index (χ0) is 14.0. The maximum absolute atomic E-state index is 9.32. The van der Waals surface area contributed by atoms with Crippen molar-refractivity contribution in [3.8, 4) is 0 Å². The lowest BCUT2D eigenvalue weighted by molar-refractivity contribution is 0.315. The summed E-state index contributed by atoms with van der Waals surface area (Å²) in [6.45, 7) is 0. The Morgan fingerprint density at radius 3 is 2.45 bits per heavy atom. The zero-order valence-corrected chi connectivity index (χ0v) is 12.7. The van der Waals surface area contributed by atoms with Crippen LogP contribution in [0.5, 0.6) is 0 Å². The van der Waals surface area contributed by atoms with E-state index in [1.54, 1.807) is 11.8 Å². The van der Waals surface area contributed by atoms with Crippen LogP contribution in [0.4, 0.5) is 0 Å². The second-order valence-corrected chi connectivity index (χ2v) is 6.55. The van der Waals surface area contributed by atoms with Gasteiger partial charge in [0.05, 0.1) is 11.0 Å². The Labute approximate surface area is 124 Å². The Kier molecular flexibility index (Phi) is 6.91. The molecule has 112 valence electrons. The zero-order valence-electron chi connectivity index (χ0n) is 11.9. The minimum atomic E-state index is 0.215. The third-order valence-electron chi connectivity index (χ3n) is 3.80. The molecule has 2 rings (SSSR count). The van der Waals surface area contributed by atoms with Gasteiger partial charge in [-0.25, -0.2) is 4.98 Å². The third kappa shape index (κ3) is 5.15. The molecule has 5 nitrogen and oxygen atoms in total. The first kappa shape index (κ1) is 15.4. The number of nitrogens with one attached hydrogen (secondary N) is 1. The van der Waals surface area contributed by atoms with Gasteiger partial charge in [-0.05, 0) is 19.3 Å². The first-order valence-corrected chi connectivity index (χ1v) is 8.51. The molecule has 1 aromatic rings. The number of aromatic nitrogens is 3. The smallest absolute Gasteiger partial charge is 0.184 e. The van der Waals surface area contributed by atoms with Crippen LogP contribution >= 0.6 is 11.8 Å². The largest absolute Gasteiger partial charge is 0.411 e. The number of hydrogen-bond donors (Lipinski definition) is 2. The van der Waals surface area contributed by atoms with Crippen LogP contribution in [-0.2, 0) is 0 Å². The quantitative estimate of drug-likeness (QED) is 0.638. The van der Waals surface area contributed by atoms with Crippen LogP contribution in [0.15, 0.2) is 16.6 Å². The topological polar surface area (TPSA) is 74.2 Å². The molecule has 1 heterocycles. The predicted molar refractivity (Wildman–Crippen MR) is 81.4 cm³/mol. The molecule has 1 atom stereocenters. The molecule has 0 bridgehead atoms. The summed E-state index contributed by atoms with van der Waals surface area (Å²) in [6, 6.07) is 0. The minimum Gasteiger partial charge on any atom is -0.411 e.